The standard InChI is InChI=1S/C22H19F3N2O6S/c1-3-21(31-6-7-32-21)16-10-18-19-14(11-27(18)20(28)12(16)2)8-13-9-15(4-5-17(13)26-19)33-34(29,30)22(23,24)25/h4-5,8-10H,3,6-7,11H2,1-2H3. The molecule has 0 aliphatic carbocycles. The van der Waals surface area contributed by atoms with E-state index in [1.54, 1.807) is 17.6 Å². The minimum Gasteiger partial charge on any atom is -0.376 e. The lowest BCUT2D eigenvalue weighted by molar-refractivity contribution is -0.168. The second-order valence-electron chi connectivity index (χ2n) is 8.10. The predicted molar refractivity (Wildman–Crippen MR) is 115 cm³/mol. The fraction of sp³-hybridized carbons (Fsp3) is 0.364. The first-order valence-corrected chi connectivity index (χ1v) is 11.8. The minimum atomic E-state index is -5.80. The fourth-order valence-corrected chi connectivity index (χ4v) is 4.89. The summed E-state index contributed by atoms with van der Waals surface area (Å²) < 4.78 is 78.2. The monoisotopic (exact) mass is 496 g/mol. The highest BCUT2D eigenvalue weighted by Crippen LogP contribution is 2.40. The van der Waals surface area contributed by atoms with Crippen molar-refractivity contribution in [2.75, 3.05) is 13.2 Å². The van der Waals surface area contributed by atoms with E-state index in [9.17, 15) is 26.4 Å². The van der Waals surface area contributed by atoms with Crippen LogP contribution in [0.2, 0.25) is 0 Å². The van der Waals surface area contributed by atoms with Gasteiger partial charge in [-0.3, -0.25) is 4.79 Å². The second-order valence-corrected chi connectivity index (χ2v) is 9.63. The summed E-state index contributed by atoms with van der Waals surface area (Å²) in [6, 6.07) is 7.12. The molecule has 1 saturated heterocycles. The van der Waals surface area contributed by atoms with E-state index in [-0.39, 0.29) is 12.1 Å². The molecule has 180 valence electrons. The second kappa shape index (κ2) is 7.52. The van der Waals surface area contributed by atoms with Crippen molar-refractivity contribution in [3.63, 3.8) is 0 Å². The number of ether oxygens (including phenoxy) is 2. The van der Waals surface area contributed by atoms with Gasteiger partial charge in [0.1, 0.15) is 5.75 Å². The van der Waals surface area contributed by atoms with Crippen LogP contribution in [0, 0.1) is 6.92 Å². The molecule has 0 spiro atoms. The zero-order valence-corrected chi connectivity index (χ0v) is 18.9. The summed E-state index contributed by atoms with van der Waals surface area (Å²) in [6.45, 7) is 4.67. The minimum absolute atomic E-state index is 0.209. The first kappa shape index (κ1) is 22.8. The summed E-state index contributed by atoms with van der Waals surface area (Å²) in [4.78, 5) is 17.8. The van der Waals surface area contributed by atoms with Gasteiger partial charge in [-0.15, -0.1) is 0 Å². The van der Waals surface area contributed by atoms with Crippen molar-refractivity contribution in [1.82, 2.24) is 9.55 Å². The molecule has 8 nitrogen and oxygen atoms in total. The topological polar surface area (TPSA) is 96.7 Å². The number of alkyl halides is 3. The Morgan fingerprint density at radius 2 is 1.88 bits per heavy atom. The van der Waals surface area contributed by atoms with Crippen LogP contribution in [0.5, 0.6) is 5.75 Å². The highest BCUT2D eigenvalue weighted by atomic mass is 32.2. The molecule has 0 N–H and O–H groups in total. The summed E-state index contributed by atoms with van der Waals surface area (Å²) in [7, 11) is -5.80. The number of halogens is 3. The summed E-state index contributed by atoms with van der Waals surface area (Å²) in [5.41, 5.74) is -2.44. The van der Waals surface area contributed by atoms with Gasteiger partial charge in [-0.25, -0.2) is 4.98 Å². The highest BCUT2D eigenvalue weighted by Gasteiger charge is 2.48. The Bertz CT molecular complexity index is 1490. The van der Waals surface area contributed by atoms with E-state index >= 15 is 0 Å². The van der Waals surface area contributed by atoms with Crippen LogP contribution in [0.15, 0.2) is 35.1 Å². The molecule has 2 aromatic heterocycles. The van der Waals surface area contributed by atoms with Crippen LogP contribution >= 0.6 is 0 Å². The third-order valence-electron chi connectivity index (χ3n) is 6.10. The van der Waals surface area contributed by atoms with Crippen molar-refractivity contribution in [2.24, 2.45) is 0 Å². The molecule has 4 heterocycles. The molecule has 2 aliphatic heterocycles. The van der Waals surface area contributed by atoms with Crippen molar-refractivity contribution in [2.45, 2.75) is 38.1 Å². The van der Waals surface area contributed by atoms with Gasteiger partial charge in [-0.2, -0.15) is 21.6 Å². The van der Waals surface area contributed by atoms with Crippen molar-refractivity contribution < 1.29 is 35.2 Å². The number of fused-ring (bicyclic) bond motifs is 4. The van der Waals surface area contributed by atoms with Crippen molar-refractivity contribution in [3.05, 3.63) is 57.4 Å². The maximum atomic E-state index is 13.2. The Kier molecular flexibility index (Phi) is 5.05. The number of rotatable bonds is 4. The number of hydrogen-bond donors (Lipinski definition) is 0. The van der Waals surface area contributed by atoms with Gasteiger partial charge in [0.25, 0.3) is 5.56 Å². The van der Waals surface area contributed by atoms with Gasteiger partial charge in [0.15, 0.2) is 5.79 Å². The van der Waals surface area contributed by atoms with Gasteiger partial charge in [-0.1, -0.05) is 6.92 Å². The van der Waals surface area contributed by atoms with Crippen LogP contribution in [-0.2, 0) is 31.9 Å². The number of nitrogens with zero attached hydrogens (tertiary/aromatic N) is 2. The molecular formula is C22H19F3N2O6S. The van der Waals surface area contributed by atoms with E-state index in [4.69, 9.17) is 9.47 Å². The van der Waals surface area contributed by atoms with Crippen molar-refractivity contribution in [3.8, 4) is 17.1 Å². The Morgan fingerprint density at radius 3 is 2.53 bits per heavy atom. The average Bonchev–Trinajstić information content (AvgIpc) is 3.39. The molecule has 0 saturated carbocycles. The maximum absolute atomic E-state index is 13.2. The molecule has 0 radical (unpaired) electrons. The molecule has 0 bridgehead atoms. The average molecular weight is 496 g/mol. The van der Waals surface area contributed by atoms with E-state index < -0.39 is 27.2 Å². The first-order chi connectivity index (χ1) is 16.0. The third-order valence-corrected chi connectivity index (χ3v) is 7.08. The molecule has 0 amide bonds. The maximum Gasteiger partial charge on any atom is 0.534 e. The molecule has 3 aromatic rings. The molecule has 0 unspecified atom stereocenters. The summed E-state index contributed by atoms with van der Waals surface area (Å²) in [6.07, 6.45) is 0.512. The number of pyridine rings is 2. The van der Waals surface area contributed by atoms with Gasteiger partial charge in [0.2, 0.25) is 0 Å². The molecule has 2 aliphatic rings. The van der Waals surface area contributed by atoms with E-state index in [2.05, 4.69) is 9.17 Å². The van der Waals surface area contributed by atoms with E-state index in [1.165, 1.54) is 12.1 Å². The lowest BCUT2D eigenvalue weighted by Crippen LogP contribution is -2.32. The Balaban J connectivity index is 1.60. The zero-order valence-electron chi connectivity index (χ0n) is 18.1. The first-order valence-electron chi connectivity index (χ1n) is 10.4. The molecule has 0 atom stereocenters. The van der Waals surface area contributed by atoms with Crippen LogP contribution < -0.4 is 9.74 Å². The largest absolute Gasteiger partial charge is 0.534 e. The number of aromatic nitrogens is 2. The van der Waals surface area contributed by atoms with Crippen LogP contribution in [0.25, 0.3) is 22.3 Å². The number of hydrogen-bond acceptors (Lipinski definition) is 7. The lowest BCUT2D eigenvalue weighted by atomic mass is 9.97. The van der Waals surface area contributed by atoms with Gasteiger partial charge in [0, 0.05) is 28.5 Å². The van der Waals surface area contributed by atoms with Gasteiger partial charge in [-0.05, 0) is 37.3 Å². The molecule has 1 aromatic carbocycles. The molecular weight excluding hydrogens is 477 g/mol. The van der Waals surface area contributed by atoms with E-state index in [0.717, 1.165) is 6.07 Å². The van der Waals surface area contributed by atoms with E-state index in [0.29, 0.717) is 58.6 Å². The van der Waals surface area contributed by atoms with Gasteiger partial charge >= 0.3 is 15.6 Å². The summed E-state index contributed by atoms with van der Waals surface area (Å²) in [5, 5.41) is 0.374. The van der Waals surface area contributed by atoms with Crippen LogP contribution in [-0.4, -0.2) is 36.7 Å². The quantitative estimate of drug-likeness (QED) is 0.315. The third kappa shape index (κ3) is 3.39. The SMILES string of the molecule is CCC1(c2cc3n(c(=O)c2C)Cc2cc4cc(OS(=O)(=O)C(F)(F)F)ccc4nc2-3)OCCO1. The smallest absolute Gasteiger partial charge is 0.376 e. The predicted octanol–water partition coefficient (Wildman–Crippen LogP) is 3.57. The Morgan fingerprint density at radius 1 is 1.18 bits per heavy atom. The van der Waals surface area contributed by atoms with Gasteiger partial charge in [0.05, 0.1) is 36.7 Å². The van der Waals surface area contributed by atoms with Crippen molar-refractivity contribution >= 4 is 21.0 Å². The van der Waals surface area contributed by atoms with Crippen LogP contribution in [0.4, 0.5) is 13.2 Å². The summed E-state index contributed by atoms with van der Waals surface area (Å²) in [5.74, 6) is -1.49. The van der Waals surface area contributed by atoms with Crippen molar-refractivity contribution in [1.29, 1.82) is 0 Å². The Labute approximate surface area is 192 Å². The Hall–Kier alpha value is -2.96. The van der Waals surface area contributed by atoms with Crippen LogP contribution in [0.3, 0.4) is 0 Å². The van der Waals surface area contributed by atoms with E-state index in [1.807, 2.05) is 13.0 Å². The summed E-state index contributed by atoms with van der Waals surface area (Å²) >= 11 is 0. The fourth-order valence-electron chi connectivity index (χ4n) is 4.44. The molecule has 34 heavy (non-hydrogen) atoms. The zero-order chi connectivity index (χ0) is 24.5. The van der Waals surface area contributed by atoms with Gasteiger partial charge < -0.3 is 18.2 Å². The number of benzene rings is 1. The molecule has 5 rings (SSSR count). The molecule has 1 fully saturated rings. The van der Waals surface area contributed by atoms with Crippen LogP contribution in [0.1, 0.15) is 30.0 Å². The highest BCUT2D eigenvalue weighted by molar-refractivity contribution is 7.88. The molecule has 12 heteroatoms. The normalized spacial score (nSPS) is 17.1. The lowest BCUT2D eigenvalue weighted by Gasteiger charge is -2.28.